The first-order valence-corrected chi connectivity index (χ1v) is 10.7. The fraction of sp³-hybridized carbons (Fsp3) is 0.786. The van der Waals surface area contributed by atoms with E-state index >= 15 is 0 Å². The molecule has 0 amide bonds. The van der Waals surface area contributed by atoms with Crippen LogP contribution in [0.1, 0.15) is 12.8 Å². The summed E-state index contributed by atoms with van der Waals surface area (Å²) >= 11 is 0. The maximum absolute atomic E-state index is 13.7. The van der Waals surface area contributed by atoms with E-state index < -0.39 is 27.4 Å². The van der Waals surface area contributed by atoms with Gasteiger partial charge in [-0.3, -0.25) is 10.1 Å². The number of aromatic nitrogens is 2. The van der Waals surface area contributed by atoms with Crippen molar-refractivity contribution >= 4 is 21.5 Å². The molecular formula is C14H24F2N4O3S. The Kier molecular flexibility index (Phi) is 5.69. The van der Waals surface area contributed by atoms with Gasteiger partial charge in [-0.2, -0.15) is 5.10 Å². The summed E-state index contributed by atoms with van der Waals surface area (Å²) in [6, 6.07) is 0. The van der Waals surface area contributed by atoms with Crippen molar-refractivity contribution in [1.29, 1.82) is 0 Å². The molecule has 1 aliphatic rings. The van der Waals surface area contributed by atoms with Gasteiger partial charge < -0.3 is 9.64 Å². The van der Waals surface area contributed by atoms with Crippen molar-refractivity contribution in [2.45, 2.75) is 25.3 Å². The Hall–Kier alpha value is -1.42. The lowest BCUT2D eigenvalue weighted by molar-refractivity contribution is -0.384. The molecule has 0 radical (unpaired) electrons. The van der Waals surface area contributed by atoms with Gasteiger partial charge in [-0.05, 0) is 25.2 Å². The van der Waals surface area contributed by atoms with Gasteiger partial charge in [0.15, 0.2) is 0 Å². The summed E-state index contributed by atoms with van der Waals surface area (Å²) in [6.45, 7) is 0.461. The fourth-order valence-corrected chi connectivity index (χ4v) is 3.21. The highest BCUT2D eigenvalue weighted by atomic mass is 32.3. The maximum Gasteiger partial charge on any atom is 0.331 e. The highest BCUT2D eigenvalue weighted by Gasteiger charge is 2.38. The van der Waals surface area contributed by atoms with Gasteiger partial charge in [-0.25, -0.2) is 23.5 Å². The van der Waals surface area contributed by atoms with E-state index in [0.29, 0.717) is 32.1 Å². The topological polar surface area (TPSA) is 73.4 Å². The number of hydrogen-bond donors (Lipinski definition) is 0. The largest absolute Gasteiger partial charge is 0.370 e. The lowest BCUT2D eigenvalue weighted by Crippen LogP contribution is -2.43. The summed E-state index contributed by atoms with van der Waals surface area (Å²) in [5, 5.41) is 15.2. The molecule has 1 fully saturated rings. The smallest absolute Gasteiger partial charge is 0.331 e. The van der Waals surface area contributed by atoms with Gasteiger partial charge >= 0.3 is 5.69 Å². The van der Waals surface area contributed by atoms with E-state index in [0.717, 1.165) is 6.20 Å². The molecule has 0 aliphatic carbocycles. The first kappa shape index (κ1) is 18.9. The average Bonchev–Trinajstić information content (AvgIpc) is 2.85. The second kappa shape index (κ2) is 7.22. The van der Waals surface area contributed by atoms with E-state index in [9.17, 15) is 18.9 Å². The third-order valence-electron chi connectivity index (χ3n) is 3.57. The van der Waals surface area contributed by atoms with Crippen molar-refractivity contribution < 1.29 is 18.4 Å². The van der Waals surface area contributed by atoms with Gasteiger partial charge in [0, 0.05) is 13.0 Å². The second-order valence-corrected chi connectivity index (χ2v) is 11.2. The summed E-state index contributed by atoms with van der Waals surface area (Å²) in [7, 11) is -0.802. The number of anilines is 1. The monoisotopic (exact) mass is 366 g/mol. The van der Waals surface area contributed by atoms with Crippen LogP contribution in [-0.2, 0) is 11.3 Å². The number of hydrogen-bond acceptors (Lipinski definition) is 5. The normalized spacial score (nSPS) is 18.6. The first-order chi connectivity index (χ1) is 11.1. The predicted octanol–water partition coefficient (Wildman–Crippen LogP) is 2.69. The number of alkyl halides is 2. The minimum absolute atomic E-state index is 0.145. The number of halogens is 2. The van der Waals surface area contributed by atoms with Crippen LogP contribution < -0.4 is 4.90 Å². The fourth-order valence-electron chi connectivity index (χ4n) is 2.59. The number of nitro groups is 1. The van der Waals surface area contributed by atoms with Gasteiger partial charge in [0.05, 0.1) is 30.6 Å². The predicted molar refractivity (Wildman–Crippen MR) is 91.5 cm³/mol. The maximum atomic E-state index is 13.7. The third-order valence-corrected chi connectivity index (χ3v) is 4.44. The van der Waals surface area contributed by atoms with E-state index in [4.69, 9.17) is 4.74 Å². The first-order valence-electron chi connectivity index (χ1n) is 7.66. The van der Waals surface area contributed by atoms with Gasteiger partial charge in [0.25, 0.3) is 5.92 Å². The van der Waals surface area contributed by atoms with Gasteiger partial charge in [0.1, 0.15) is 6.20 Å². The lowest BCUT2D eigenvalue weighted by atomic mass is 10.1. The van der Waals surface area contributed by atoms with Crippen LogP contribution in [0.5, 0.6) is 0 Å². The van der Waals surface area contributed by atoms with Crippen molar-refractivity contribution in [2.24, 2.45) is 0 Å². The van der Waals surface area contributed by atoms with Gasteiger partial charge in [-0.1, -0.05) is 0 Å². The summed E-state index contributed by atoms with van der Waals surface area (Å²) in [5.74, 6) is -2.08. The average molecular weight is 366 g/mol. The molecule has 138 valence electrons. The Morgan fingerprint density at radius 1 is 1.46 bits per heavy atom. The van der Waals surface area contributed by atoms with Crippen molar-refractivity contribution in [3.8, 4) is 0 Å². The molecule has 0 unspecified atom stereocenters. The number of nitrogens with zero attached hydrogens (tertiary/aromatic N) is 4. The Morgan fingerprint density at radius 2 is 2.17 bits per heavy atom. The summed E-state index contributed by atoms with van der Waals surface area (Å²) < 4.78 is 34.4. The quantitative estimate of drug-likeness (QED) is 0.421. The van der Waals surface area contributed by atoms with Crippen LogP contribution in [0.15, 0.2) is 6.20 Å². The van der Waals surface area contributed by atoms with E-state index in [-0.39, 0.29) is 17.9 Å². The van der Waals surface area contributed by atoms with E-state index in [1.54, 1.807) is 0 Å². The van der Waals surface area contributed by atoms with Crippen LogP contribution in [-0.4, -0.2) is 65.0 Å². The van der Waals surface area contributed by atoms with Crippen LogP contribution in [0, 0.1) is 10.1 Å². The summed E-state index contributed by atoms with van der Waals surface area (Å²) in [6.07, 6.45) is 7.58. The van der Waals surface area contributed by atoms with E-state index in [2.05, 4.69) is 23.9 Å². The van der Waals surface area contributed by atoms with Crippen LogP contribution in [0.25, 0.3) is 0 Å². The zero-order chi connectivity index (χ0) is 18.0. The molecule has 0 spiro atoms. The molecule has 0 bridgehead atoms. The molecule has 2 rings (SSSR count). The molecule has 1 aromatic heterocycles. The van der Waals surface area contributed by atoms with Gasteiger partial charge in [-0.15, -0.1) is 0 Å². The number of ether oxygens (including phenoxy) is 1. The van der Waals surface area contributed by atoms with Gasteiger partial charge in [0.2, 0.25) is 5.82 Å². The molecule has 0 aromatic carbocycles. The number of rotatable bonds is 7. The molecule has 10 heteroatoms. The lowest BCUT2D eigenvalue weighted by Gasteiger charge is -2.33. The molecule has 24 heavy (non-hydrogen) atoms. The molecule has 1 aliphatic heterocycles. The highest BCUT2D eigenvalue weighted by molar-refractivity contribution is 8.32. The minimum atomic E-state index is -2.84. The Morgan fingerprint density at radius 3 is 2.75 bits per heavy atom. The summed E-state index contributed by atoms with van der Waals surface area (Å²) in [5.41, 5.74) is -0.242. The van der Waals surface area contributed by atoms with Crippen LogP contribution in [0.3, 0.4) is 0 Å². The molecular weight excluding hydrogens is 342 g/mol. The van der Waals surface area contributed by atoms with E-state index in [1.165, 1.54) is 9.58 Å². The van der Waals surface area contributed by atoms with Crippen LogP contribution >= 0.6 is 10.0 Å². The third kappa shape index (κ3) is 5.04. The molecule has 7 nitrogen and oxygen atoms in total. The Labute approximate surface area is 141 Å². The zero-order valence-electron chi connectivity index (χ0n) is 14.2. The standard InChI is InChI=1S/C14H24F2N4O3S/c1-24(2,3)11-23-8-7-19-13(12(9-17-19)20(21)22)18-6-4-5-14(15,16)10-18/h9H,4-8,10-11H2,1-3H3. The molecule has 0 N–H and O–H groups in total. The minimum Gasteiger partial charge on any atom is -0.370 e. The van der Waals surface area contributed by atoms with Crippen molar-refractivity contribution in [3.63, 3.8) is 0 Å². The molecule has 0 saturated carbocycles. The molecule has 2 heterocycles. The number of piperidine rings is 1. The molecule has 0 atom stereocenters. The zero-order valence-corrected chi connectivity index (χ0v) is 15.0. The van der Waals surface area contributed by atoms with Crippen molar-refractivity contribution in [2.75, 3.05) is 49.3 Å². The SMILES string of the molecule is CS(C)(C)COCCn1ncc([N+](=O)[O-])c1N1CCCC(F)(F)C1. The Bertz CT molecular complexity index is 589. The van der Waals surface area contributed by atoms with Crippen LogP contribution in [0.4, 0.5) is 20.3 Å². The molecule has 1 aromatic rings. The molecule has 1 saturated heterocycles. The van der Waals surface area contributed by atoms with E-state index in [1.807, 2.05) is 0 Å². The van der Waals surface area contributed by atoms with Crippen LogP contribution in [0.2, 0.25) is 0 Å². The Balaban J connectivity index is 2.12. The highest BCUT2D eigenvalue weighted by Crippen LogP contribution is 2.35. The van der Waals surface area contributed by atoms with Crippen molar-refractivity contribution in [1.82, 2.24) is 9.78 Å². The summed E-state index contributed by atoms with van der Waals surface area (Å²) in [4.78, 5) is 12.0. The second-order valence-electron chi connectivity index (χ2n) is 6.83. The van der Waals surface area contributed by atoms with Crippen molar-refractivity contribution in [3.05, 3.63) is 16.3 Å².